The second-order valence-electron chi connectivity index (χ2n) is 4.56. The van der Waals surface area contributed by atoms with Gasteiger partial charge in [-0.1, -0.05) is 17.4 Å². The number of aromatic nitrogens is 1. The molecule has 0 unspecified atom stereocenters. The molecule has 0 fully saturated rings. The second kappa shape index (κ2) is 5.01. The highest BCUT2D eigenvalue weighted by Crippen LogP contribution is 2.28. The Morgan fingerprint density at radius 1 is 1.14 bits per heavy atom. The maximum Gasteiger partial charge on any atom is 0.366 e. The van der Waals surface area contributed by atoms with Gasteiger partial charge in [0, 0.05) is 5.69 Å². The van der Waals surface area contributed by atoms with E-state index >= 15 is 0 Å². The summed E-state index contributed by atoms with van der Waals surface area (Å²) in [7, 11) is -3.93. The van der Waals surface area contributed by atoms with Gasteiger partial charge in [0.1, 0.15) is 5.75 Å². The fourth-order valence-electron chi connectivity index (χ4n) is 1.80. The lowest BCUT2D eigenvalue weighted by atomic mass is 10.2. The first kappa shape index (κ1) is 13.8. The van der Waals surface area contributed by atoms with Crippen molar-refractivity contribution in [2.24, 2.45) is 0 Å². The molecule has 0 aliphatic carbocycles. The monoisotopic (exact) mass is 320 g/mol. The quantitative estimate of drug-likeness (QED) is 0.592. The molecule has 3 rings (SSSR count). The summed E-state index contributed by atoms with van der Waals surface area (Å²) >= 11 is 1.09. The van der Waals surface area contributed by atoms with Gasteiger partial charge < -0.3 is 9.92 Å². The van der Waals surface area contributed by atoms with Crippen LogP contribution in [0.15, 0.2) is 46.8 Å². The number of fused-ring (bicyclic) bond motifs is 1. The molecular weight excluding hydrogens is 308 g/mol. The zero-order valence-electron chi connectivity index (χ0n) is 11.1. The van der Waals surface area contributed by atoms with Crippen molar-refractivity contribution in [1.29, 1.82) is 0 Å². The number of hydrogen-bond donors (Lipinski definition) is 1. The first-order valence-corrected chi connectivity index (χ1v) is 8.34. The first-order chi connectivity index (χ1) is 9.94. The summed E-state index contributed by atoms with van der Waals surface area (Å²) in [6, 6.07) is 11.7. The number of benzene rings is 2. The molecule has 3 aromatic rings. The highest BCUT2D eigenvalue weighted by atomic mass is 32.3. The molecule has 7 heteroatoms. The van der Waals surface area contributed by atoms with Gasteiger partial charge in [0.25, 0.3) is 0 Å². The van der Waals surface area contributed by atoms with Crippen LogP contribution in [-0.4, -0.2) is 13.4 Å². The van der Waals surface area contributed by atoms with Crippen molar-refractivity contribution in [3.63, 3.8) is 0 Å². The van der Waals surface area contributed by atoms with Crippen LogP contribution in [0.3, 0.4) is 0 Å². The molecular formula is C14H12N2O3S2. The summed E-state index contributed by atoms with van der Waals surface area (Å²) < 4.78 is 30.3. The van der Waals surface area contributed by atoms with Gasteiger partial charge in [0.2, 0.25) is 4.34 Å². The van der Waals surface area contributed by atoms with Crippen LogP contribution in [0.1, 0.15) is 5.56 Å². The zero-order chi connectivity index (χ0) is 15.0. The number of nitrogens with zero attached hydrogens (tertiary/aromatic N) is 1. The topological polar surface area (TPSA) is 82.3 Å². The summed E-state index contributed by atoms with van der Waals surface area (Å²) in [6.45, 7) is 1.94. The highest BCUT2D eigenvalue weighted by molar-refractivity contribution is 7.89. The Labute approximate surface area is 126 Å². The highest BCUT2D eigenvalue weighted by Gasteiger charge is 2.22. The molecule has 0 saturated heterocycles. The van der Waals surface area contributed by atoms with Crippen molar-refractivity contribution < 1.29 is 12.6 Å². The minimum atomic E-state index is -3.93. The maximum atomic E-state index is 12.2. The molecule has 0 amide bonds. The van der Waals surface area contributed by atoms with Crippen LogP contribution in [0.5, 0.6) is 5.75 Å². The molecule has 0 saturated carbocycles. The van der Waals surface area contributed by atoms with E-state index in [0.29, 0.717) is 11.2 Å². The Bertz CT molecular complexity index is 900. The Kier molecular flexibility index (Phi) is 3.30. The third-order valence-electron chi connectivity index (χ3n) is 2.82. The van der Waals surface area contributed by atoms with E-state index in [1.54, 1.807) is 18.2 Å². The molecule has 1 aromatic heterocycles. The average Bonchev–Trinajstić information content (AvgIpc) is 2.85. The molecule has 0 radical (unpaired) electrons. The number of hydrogen-bond acceptors (Lipinski definition) is 6. The van der Waals surface area contributed by atoms with Gasteiger partial charge in [-0.2, -0.15) is 8.42 Å². The largest absolute Gasteiger partial charge is 0.399 e. The molecule has 0 aliphatic rings. The maximum absolute atomic E-state index is 12.2. The zero-order valence-corrected chi connectivity index (χ0v) is 12.7. The molecule has 108 valence electrons. The molecule has 0 spiro atoms. The lowest BCUT2D eigenvalue weighted by Gasteiger charge is -2.04. The van der Waals surface area contributed by atoms with Crippen LogP contribution in [-0.2, 0) is 10.1 Å². The number of rotatable bonds is 3. The Morgan fingerprint density at radius 3 is 2.57 bits per heavy atom. The minimum absolute atomic E-state index is 0.0556. The van der Waals surface area contributed by atoms with Gasteiger partial charge in [-0.15, -0.1) is 0 Å². The summed E-state index contributed by atoms with van der Waals surface area (Å²) in [5, 5.41) is 0. The molecule has 21 heavy (non-hydrogen) atoms. The predicted molar refractivity (Wildman–Crippen MR) is 83.0 cm³/mol. The summed E-state index contributed by atoms with van der Waals surface area (Å²) in [6.07, 6.45) is 0. The van der Waals surface area contributed by atoms with Crippen LogP contribution in [0.2, 0.25) is 0 Å². The number of aryl methyl sites for hydroxylation is 1. The Hall–Kier alpha value is -2.12. The summed E-state index contributed by atoms with van der Waals surface area (Å²) in [5.41, 5.74) is 7.78. The normalized spacial score (nSPS) is 11.7. The number of nitrogen functional groups attached to an aromatic ring is 1. The molecule has 1 heterocycles. The Balaban J connectivity index is 1.97. The third-order valence-corrected chi connectivity index (χ3v) is 5.43. The predicted octanol–water partition coefficient (Wildman–Crippen LogP) is 2.95. The Morgan fingerprint density at radius 2 is 1.86 bits per heavy atom. The van der Waals surface area contributed by atoms with Crippen molar-refractivity contribution in [3.8, 4) is 5.75 Å². The molecule has 0 aliphatic heterocycles. The van der Waals surface area contributed by atoms with Gasteiger partial charge in [0.15, 0.2) is 0 Å². The van der Waals surface area contributed by atoms with E-state index in [-0.39, 0.29) is 10.1 Å². The van der Waals surface area contributed by atoms with Crippen molar-refractivity contribution in [2.45, 2.75) is 11.3 Å². The van der Waals surface area contributed by atoms with Crippen LogP contribution in [0.4, 0.5) is 5.69 Å². The van der Waals surface area contributed by atoms with E-state index in [0.717, 1.165) is 21.6 Å². The summed E-state index contributed by atoms with van der Waals surface area (Å²) in [4.78, 5) is 4.12. The van der Waals surface area contributed by atoms with Crippen LogP contribution in [0, 0.1) is 6.92 Å². The van der Waals surface area contributed by atoms with E-state index in [1.165, 1.54) is 12.1 Å². The number of nitrogens with two attached hydrogens (primary N) is 1. The number of anilines is 1. The molecule has 5 nitrogen and oxygen atoms in total. The average molecular weight is 320 g/mol. The lowest BCUT2D eigenvalue weighted by Crippen LogP contribution is -2.09. The van der Waals surface area contributed by atoms with Gasteiger partial charge in [-0.25, -0.2) is 4.98 Å². The van der Waals surface area contributed by atoms with E-state index in [9.17, 15) is 8.42 Å². The van der Waals surface area contributed by atoms with E-state index in [2.05, 4.69) is 4.98 Å². The van der Waals surface area contributed by atoms with Crippen LogP contribution in [0.25, 0.3) is 10.2 Å². The van der Waals surface area contributed by atoms with Crippen molar-refractivity contribution >= 4 is 37.4 Å². The van der Waals surface area contributed by atoms with Crippen LogP contribution < -0.4 is 9.92 Å². The first-order valence-electron chi connectivity index (χ1n) is 6.11. The van der Waals surface area contributed by atoms with Crippen molar-refractivity contribution in [3.05, 3.63) is 48.0 Å². The minimum Gasteiger partial charge on any atom is -0.399 e. The van der Waals surface area contributed by atoms with E-state index in [1.807, 2.05) is 19.1 Å². The van der Waals surface area contributed by atoms with Gasteiger partial charge in [-0.3, -0.25) is 0 Å². The number of thiazole rings is 1. The summed E-state index contributed by atoms with van der Waals surface area (Å²) in [5.74, 6) is 0.208. The SMILES string of the molecule is Cc1ccc2nc(S(=O)(=O)Oc3ccc(N)cc3)sc2c1. The van der Waals surface area contributed by atoms with Crippen molar-refractivity contribution in [1.82, 2.24) is 4.98 Å². The van der Waals surface area contributed by atoms with Crippen molar-refractivity contribution in [2.75, 3.05) is 5.73 Å². The third kappa shape index (κ3) is 2.84. The molecule has 0 atom stereocenters. The van der Waals surface area contributed by atoms with Gasteiger partial charge in [-0.05, 0) is 48.9 Å². The molecule has 2 N–H and O–H groups in total. The van der Waals surface area contributed by atoms with Crippen LogP contribution >= 0.6 is 11.3 Å². The lowest BCUT2D eigenvalue weighted by molar-refractivity contribution is 0.485. The standard InChI is InChI=1S/C14H12N2O3S2/c1-9-2-7-12-13(8-9)20-14(16-12)21(17,18)19-11-5-3-10(15)4-6-11/h2-8H,15H2,1H3. The van der Waals surface area contributed by atoms with Gasteiger partial charge >= 0.3 is 10.1 Å². The van der Waals surface area contributed by atoms with E-state index < -0.39 is 10.1 Å². The molecule has 0 bridgehead atoms. The van der Waals surface area contributed by atoms with Gasteiger partial charge in [0.05, 0.1) is 10.2 Å². The second-order valence-corrected chi connectivity index (χ2v) is 7.31. The van der Waals surface area contributed by atoms with E-state index in [4.69, 9.17) is 9.92 Å². The molecule has 2 aromatic carbocycles. The fourth-order valence-corrected chi connectivity index (χ4v) is 4.02. The fraction of sp³-hybridized carbons (Fsp3) is 0.0714. The smallest absolute Gasteiger partial charge is 0.366 e.